The second kappa shape index (κ2) is 5.88. The van der Waals surface area contributed by atoms with Gasteiger partial charge in [0.2, 0.25) is 5.91 Å². The van der Waals surface area contributed by atoms with Gasteiger partial charge < -0.3 is 10.6 Å². The number of amides is 1. The van der Waals surface area contributed by atoms with Gasteiger partial charge in [0, 0.05) is 37.1 Å². The molecule has 0 spiro atoms. The Balaban J connectivity index is 1.50. The molecule has 1 fully saturated rings. The van der Waals surface area contributed by atoms with Gasteiger partial charge in [-0.15, -0.1) is 0 Å². The van der Waals surface area contributed by atoms with Crippen molar-refractivity contribution in [3.05, 3.63) is 42.7 Å². The third kappa shape index (κ3) is 3.45. The molecule has 1 aliphatic rings. The first-order valence-corrected chi connectivity index (χ1v) is 6.94. The molecule has 0 aliphatic heterocycles. The minimum Gasteiger partial charge on any atom is -0.326 e. The van der Waals surface area contributed by atoms with Crippen LogP contribution in [0.4, 0.5) is 5.69 Å². The molecule has 0 bridgehead atoms. The smallest absolute Gasteiger partial charge is 0.225 e. The lowest BCUT2D eigenvalue weighted by Gasteiger charge is -2.07. The van der Waals surface area contributed by atoms with Gasteiger partial charge in [-0.3, -0.25) is 4.79 Å². The van der Waals surface area contributed by atoms with Crippen molar-refractivity contribution >= 4 is 11.6 Å². The second-order valence-corrected chi connectivity index (χ2v) is 5.02. The average molecular weight is 270 g/mol. The summed E-state index contributed by atoms with van der Waals surface area (Å²) >= 11 is 0. The Labute approximate surface area is 118 Å². The maximum atomic E-state index is 11.8. The molecule has 2 N–H and O–H groups in total. The van der Waals surface area contributed by atoms with Crippen LogP contribution in [0.3, 0.4) is 0 Å². The van der Waals surface area contributed by atoms with Crippen molar-refractivity contribution in [2.45, 2.75) is 25.3 Å². The first kappa shape index (κ1) is 12.9. The third-order valence-corrected chi connectivity index (χ3v) is 3.28. The van der Waals surface area contributed by atoms with E-state index in [1.807, 2.05) is 36.5 Å². The van der Waals surface area contributed by atoms with Gasteiger partial charge in [0.1, 0.15) is 0 Å². The van der Waals surface area contributed by atoms with E-state index in [1.165, 1.54) is 12.8 Å². The van der Waals surface area contributed by atoms with Crippen LogP contribution in [0.2, 0.25) is 0 Å². The predicted molar refractivity (Wildman–Crippen MR) is 77.8 cm³/mol. The number of nitrogens with zero attached hydrogens (tertiary/aromatic N) is 2. The molecule has 1 saturated carbocycles. The summed E-state index contributed by atoms with van der Waals surface area (Å²) < 4.78 is 1.78. The van der Waals surface area contributed by atoms with Crippen LogP contribution in [0.25, 0.3) is 5.69 Å². The summed E-state index contributed by atoms with van der Waals surface area (Å²) in [6.45, 7) is 0.752. The van der Waals surface area contributed by atoms with Gasteiger partial charge in [0.25, 0.3) is 0 Å². The number of carbonyl (C=O) groups is 1. The molecule has 0 atom stereocenters. The second-order valence-electron chi connectivity index (χ2n) is 5.02. The Bertz CT molecular complexity index is 558. The zero-order chi connectivity index (χ0) is 13.8. The lowest BCUT2D eigenvalue weighted by molar-refractivity contribution is -0.116. The molecule has 1 aliphatic carbocycles. The van der Waals surface area contributed by atoms with E-state index in [9.17, 15) is 4.79 Å². The Morgan fingerprint density at radius 1 is 1.30 bits per heavy atom. The van der Waals surface area contributed by atoms with E-state index in [1.54, 1.807) is 10.9 Å². The fourth-order valence-corrected chi connectivity index (χ4v) is 2.02. The molecule has 3 rings (SSSR count). The zero-order valence-corrected chi connectivity index (χ0v) is 11.2. The largest absolute Gasteiger partial charge is 0.326 e. The molecular weight excluding hydrogens is 252 g/mol. The van der Waals surface area contributed by atoms with Gasteiger partial charge in [-0.05, 0) is 43.2 Å². The highest BCUT2D eigenvalue weighted by atomic mass is 16.1. The van der Waals surface area contributed by atoms with Crippen LogP contribution in [-0.2, 0) is 4.79 Å². The van der Waals surface area contributed by atoms with Crippen LogP contribution < -0.4 is 10.6 Å². The van der Waals surface area contributed by atoms with E-state index >= 15 is 0 Å². The number of rotatable bonds is 6. The normalized spacial score (nSPS) is 14.2. The Hall–Kier alpha value is -2.14. The number of anilines is 1. The molecule has 104 valence electrons. The molecule has 1 amide bonds. The predicted octanol–water partition coefficient (Wildman–Crippen LogP) is 1.95. The SMILES string of the molecule is O=C(CCNC1CC1)Nc1ccc(-n2cccn2)cc1. The maximum Gasteiger partial charge on any atom is 0.225 e. The van der Waals surface area contributed by atoms with Crippen molar-refractivity contribution in [1.82, 2.24) is 15.1 Å². The molecule has 0 radical (unpaired) electrons. The first-order chi connectivity index (χ1) is 9.81. The Morgan fingerprint density at radius 3 is 2.75 bits per heavy atom. The average Bonchev–Trinajstić information content (AvgIpc) is 3.11. The van der Waals surface area contributed by atoms with E-state index < -0.39 is 0 Å². The van der Waals surface area contributed by atoms with Crippen LogP contribution in [0.15, 0.2) is 42.7 Å². The maximum absolute atomic E-state index is 11.8. The summed E-state index contributed by atoms with van der Waals surface area (Å²) in [4.78, 5) is 11.8. The van der Waals surface area contributed by atoms with Gasteiger partial charge in [-0.1, -0.05) is 0 Å². The standard InChI is InChI=1S/C15H18N4O/c20-15(8-10-16-12-2-3-12)18-13-4-6-14(7-5-13)19-11-1-9-17-19/h1,4-7,9,11-12,16H,2-3,8,10H2,(H,18,20). The van der Waals surface area contributed by atoms with Gasteiger partial charge in [-0.25, -0.2) is 4.68 Å². The number of benzene rings is 1. The van der Waals surface area contributed by atoms with E-state index in [0.717, 1.165) is 17.9 Å². The molecule has 20 heavy (non-hydrogen) atoms. The van der Waals surface area contributed by atoms with Gasteiger partial charge in [0.15, 0.2) is 0 Å². The molecule has 5 heteroatoms. The Morgan fingerprint density at radius 2 is 2.10 bits per heavy atom. The van der Waals surface area contributed by atoms with Crippen LogP contribution in [0, 0.1) is 0 Å². The molecule has 0 unspecified atom stereocenters. The highest BCUT2D eigenvalue weighted by Gasteiger charge is 2.20. The van der Waals surface area contributed by atoms with Crippen molar-refractivity contribution in [2.24, 2.45) is 0 Å². The highest BCUT2D eigenvalue weighted by Crippen LogP contribution is 2.18. The molecule has 5 nitrogen and oxygen atoms in total. The molecule has 0 saturated heterocycles. The summed E-state index contributed by atoms with van der Waals surface area (Å²) in [5.41, 5.74) is 1.79. The van der Waals surface area contributed by atoms with E-state index in [4.69, 9.17) is 0 Å². The van der Waals surface area contributed by atoms with Gasteiger partial charge in [-0.2, -0.15) is 5.10 Å². The fourth-order valence-electron chi connectivity index (χ4n) is 2.02. The number of hydrogen-bond donors (Lipinski definition) is 2. The molecular formula is C15H18N4O. The van der Waals surface area contributed by atoms with Crippen LogP contribution in [0.1, 0.15) is 19.3 Å². The van der Waals surface area contributed by atoms with E-state index in [0.29, 0.717) is 12.5 Å². The minimum absolute atomic E-state index is 0.0463. The summed E-state index contributed by atoms with van der Waals surface area (Å²) in [7, 11) is 0. The number of carbonyl (C=O) groups excluding carboxylic acids is 1. The monoisotopic (exact) mass is 270 g/mol. The Kier molecular flexibility index (Phi) is 3.78. The summed E-state index contributed by atoms with van der Waals surface area (Å²) in [6, 6.07) is 10.2. The lowest BCUT2D eigenvalue weighted by Crippen LogP contribution is -2.23. The van der Waals surface area contributed by atoms with Crippen molar-refractivity contribution in [3.8, 4) is 5.69 Å². The van der Waals surface area contributed by atoms with Crippen molar-refractivity contribution in [3.63, 3.8) is 0 Å². The summed E-state index contributed by atoms with van der Waals surface area (Å²) in [6.07, 6.45) is 6.63. The van der Waals surface area contributed by atoms with Crippen molar-refractivity contribution < 1.29 is 4.79 Å². The van der Waals surface area contributed by atoms with E-state index in [-0.39, 0.29) is 5.91 Å². The molecule has 1 aromatic heterocycles. The zero-order valence-electron chi connectivity index (χ0n) is 11.2. The summed E-state index contributed by atoms with van der Waals surface area (Å²) in [5, 5.41) is 10.4. The number of hydrogen-bond acceptors (Lipinski definition) is 3. The van der Waals surface area contributed by atoms with E-state index in [2.05, 4.69) is 15.7 Å². The number of nitrogens with one attached hydrogen (secondary N) is 2. The fraction of sp³-hybridized carbons (Fsp3) is 0.333. The third-order valence-electron chi connectivity index (χ3n) is 3.28. The van der Waals surface area contributed by atoms with Gasteiger partial charge >= 0.3 is 0 Å². The highest BCUT2D eigenvalue weighted by molar-refractivity contribution is 5.90. The molecule has 1 aromatic carbocycles. The van der Waals surface area contributed by atoms with Gasteiger partial charge in [0.05, 0.1) is 5.69 Å². The van der Waals surface area contributed by atoms with Crippen molar-refractivity contribution in [1.29, 1.82) is 0 Å². The minimum atomic E-state index is 0.0463. The van der Waals surface area contributed by atoms with Crippen LogP contribution in [-0.4, -0.2) is 28.3 Å². The number of aromatic nitrogens is 2. The summed E-state index contributed by atoms with van der Waals surface area (Å²) in [5.74, 6) is 0.0463. The molecule has 2 aromatic rings. The van der Waals surface area contributed by atoms with Crippen LogP contribution >= 0.6 is 0 Å². The first-order valence-electron chi connectivity index (χ1n) is 6.94. The molecule has 1 heterocycles. The lowest BCUT2D eigenvalue weighted by atomic mass is 10.2. The topological polar surface area (TPSA) is 59.0 Å². The quantitative estimate of drug-likeness (QED) is 0.843. The van der Waals surface area contributed by atoms with Crippen LogP contribution in [0.5, 0.6) is 0 Å². The van der Waals surface area contributed by atoms with Crippen molar-refractivity contribution in [2.75, 3.05) is 11.9 Å².